The van der Waals surface area contributed by atoms with E-state index in [9.17, 15) is 9.59 Å². The fourth-order valence-electron chi connectivity index (χ4n) is 3.35. The minimum atomic E-state index is -0.433. The second kappa shape index (κ2) is 8.38. The van der Waals surface area contributed by atoms with Crippen LogP contribution in [0.2, 0.25) is 0 Å². The second-order valence-electron chi connectivity index (χ2n) is 7.01. The molecule has 0 radical (unpaired) electrons. The summed E-state index contributed by atoms with van der Waals surface area (Å²) in [5.41, 5.74) is 3.78. The van der Waals surface area contributed by atoms with Crippen LogP contribution in [0.4, 0.5) is 5.82 Å². The zero-order valence-corrected chi connectivity index (χ0v) is 17.5. The molecule has 29 heavy (non-hydrogen) atoms. The summed E-state index contributed by atoms with van der Waals surface area (Å²) in [5, 5.41) is 7.38. The van der Waals surface area contributed by atoms with Crippen molar-refractivity contribution in [2.45, 2.75) is 47.1 Å². The summed E-state index contributed by atoms with van der Waals surface area (Å²) in [7, 11) is 1.79. The number of hydrogen-bond acceptors (Lipinski definition) is 5. The summed E-state index contributed by atoms with van der Waals surface area (Å²) in [6.45, 7) is 7.91. The average molecular weight is 394 g/mol. The first-order valence-electron chi connectivity index (χ1n) is 9.69. The second-order valence-corrected chi connectivity index (χ2v) is 7.01. The largest absolute Gasteiger partial charge is 0.309 e. The predicted octanol–water partition coefficient (Wildman–Crippen LogP) is 2.41. The molecule has 0 unspecified atom stereocenters. The van der Waals surface area contributed by atoms with Gasteiger partial charge in [-0.1, -0.05) is 13.8 Å². The minimum absolute atomic E-state index is 0.119. The molecule has 0 spiro atoms. The van der Waals surface area contributed by atoms with Gasteiger partial charge in [0.1, 0.15) is 11.4 Å². The van der Waals surface area contributed by atoms with Crippen LogP contribution in [0.3, 0.4) is 0 Å². The molecule has 0 saturated heterocycles. The van der Waals surface area contributed by atoms with Gasteiger partial charge in [-0.15, -0.1) is 0 Å². The van der Waals surface area contributed by atoms with E-state index in [2.05, 4.69) is 20.4 Å². The van der Waals surface area contributed by atoms with Crippen molar-refractivity contribution in [1.29, 1.82) is 0 Å². The summed E-state index contributed by atoms with van der Waals surface area (Å²) in [5.74, 6) is 0.199. The molecular weight excluding hydrogens is 368 g/mol. The maximum atomic E-state index is 13.0. The molecule has 152 valence electrons. The third-order valence-electron chi connectivity index (χ3n) is 4.92. The molecule has 3 aromatic heterocycles. The van der Waals surface area contributed by atoms with E-state index in [4.69, 9.17) is 0 Å². The van der Waals surface area contributed by atoms with Crippen LogP contribution in [0.25, 0.3) is 0 Å². The lowest BCUT2D eigenvalue weighted by atomic mass is 10.1. The van der Waals surface area contributed by atoms with Crippen molar-refractivity contribution in [1.82, 2.24) is 24.3 Å². The molecular formula is C21H26N6O2. The average Bonchev–Trinajstić information content (AvgIpc) is 3.00. The van der Waals surface area contributed by atoms with E-state index in [1.807, 2.05) is 20.8 Å². The van der Waals surface area contributed by atoms with Gasteiger partial charge >= 0.3 is 0 Å². The van der Waals surface area contributed by atoms with E-state index in [1.54, 1.807) is 43.3 Å². The van der Waals surface area contributed by atoms with Gasteiger partial charge in [0, 0.05) is 25.0 Å². The van der Waals surface area contributed by atoms with Crippen molar-refractivity contribution in [2.24, 2.45) is 7.05 Å². The Labute approximate surface area is 169 Å². The molecule has 1 N–H and O–H groups in total. The Bertz CT molecular complexity index is 1100. The topological polar surface area (TPSA) is 94.7 Å². The number of aryl methyl sites for hydroxylation is 4. The van der Waals surface area contributed by atoms with E-state index < -0.39 is 5.91 Å². The zero-order valence-electron chi connectivity index (χ0n) is 17.5. The molecule has 0 aromatic carbocycles. The third-order valence-corrected chi connectivity index (χ3v) is 4.92. The van der Waals surface area contributed by atoms with Crippen molar-refractivity contribution in [3.63, 3.8) is 0 Å². The normalized spacial score (nSPS) is 10.9. The quantitative estimate of drug-likeness (QED) is 0.693. The van der Waals surface area contributed by atoms with Crippen LogP contribution in [0, 0.1) is 13.8 Å². The van der Waals surface area contributed by atoms with Crippen molar-refractivity contribution in [3.8, 4) is 0 Å². The van der Waals surface area contributed by atoms with E-state index in [0.29, 0.717) is 17.1 Å². The van der Waals surface area contributed by atoms with Gasteiger partial charge in [-0.05, 0) is 38.3 Å². The number of rotatable bonds is 6. The minimum Gasteiger partial charge on any atom is -0.309 e. The van der Waals surface area contributed by atoms with Crippen LogP contribution in [0.15, 0.2) is 29.5 Å². The van der Waals surface area contributed by atoms with Crippen molar-refractivity contribution in [2.75, 3.05) is 5.32 Å². The fraction of sp³-hybridized carbons (Fsp3) is 0.381. The number of anilines is 1. The number of nitrogens with zero attached hydrogens (tertiary/aromatic N) is 5. The summed E-state index contributed by atoms with van der Waals surface area (Å²) < 4.78 is 3.14. The summed E-state index contributed by atoms with van der Waals surface area (Å²) in [6.07, 6.45) is 6.49. The van der Waals surface area contributed by atoms with Gasteiger partial charge in [0.2, 0.25) is 0 Å². The zero-order chi connectivity index (χ0) is 21.1. The van der Waals surface area contributed by atoms with Crippen LogP contribution in [0.5, 0.6) is 0 Å². The molecule has 0 aliphatic carbocycles. The number of aromatic nitrogens is 5. The monoisotopic (exact) mass is 394 g/mol. The van der Waals surface area contributed by atoms with Crippen LogP contribution >= 0.6 is 0 Å². The summed E-state index contributed by atoms with van der Waals surface area (Å²) in [4.78, 5) is 34.6. The third kappa shape index (κ3) is 4.11. The first-order valence-corrected chi connectivity index (χ1v) is 9.69. The highest BCUT2D eigenvalue weighted by Crippen LogP contribution is 2.21. The number of amides is 1. The van der Waals surface area contributed by atoms with Crippen LogP contribution in [-0.2, 0) is 26.4 Å². The maximum absolute atomic E-state index is 13.0. The number of carbonyl (C=O) groups excluding carboxylic acids is 1. The van der Waals surface area contributed by atoms with Gasteiger partial charge in [0.05, 0.1) is 29.8 Å². The Hall–Kier alpha value is -3.29. The Kier molecular flexibility index (Phi) is 5.91. The van der Waals surface area contributed by atoms with Crippen molar-refractivity contribution < 1.29 is 4.79 Å². The van der Waals surface area contributed by atoms with E-state index in [1.165, 1.54) is 4.57 Å². The molecule has 8 heteroatoms. The van der Waals surface area contributed by atoms with Gasteiger partial charge in [0.25, 0.3) is 11.5 Å². The van der Waals surface area contributed by atoms with Gasteiger partial charge in [0.15, 0.2) is 0 Å². The highest BCUT2D eigenvalue weighted by molar-refractivity contribution is 6.05. The van der Waals surface area contributed by atoms with Crippen LogP contribution in [-0.4, -0.2) is 30.2 Å². The van der Waals surface area contributed by atoms with Crippen LogP contribution < -0.4 is 10.9 Å². The van der Waals surface area contributed by atoms with Crippen LogP contribution in [0.1, 0.15) is 52.4 Å². The number of hydrogen-bond donors (Lipinski definition) is 1. The van der Waals surface area contributed by atoms with Gasteiger partial charge < -0.3 is 9.88 Å². The lowest BCUT2D eigenvalue weighted by Crippen LogP contribution is -2.31. The van der Waals surface area contributed by atoms with E-state index in [-0.39, 0.29) is 17.7 Å². The molecule has 3 rings (SSSR count). The molecule has 0 bridgehead atoms. The Morgan fingerprint density at radius 3 is 2.52 bits per heavy atom. The fourth-order valence-corrected chi connectivity index (χ4v) is 3.35. The van der Waals surface area contributed by atoms with Crippen molar-refractivity contribution in [3.05, 3.63) is 68.8 Å². The van der Waals surface area contributed by atoms with Gasteiger partial charge in [-0.2, -0.15) is 5.10 Å². The van der Waals surface area contributed by atoms with E-state index >= 15 is 0 Å². The molecule has 0 saturated carbocycles. The molecule has 1 amide bonds. The smallest absolute Gasteiger partial charge is 0.264 e. The molecule has 0 fully saturated rings. The highest BCUT2D eigenvalue weighted by Gasteiger charge is 2.20. The summed E-state index contributed by atoms with van der Waals surface area (Å²) >= 11 is 0. The Morgan fingerprint density at radius 1 is 1.14 bits per heavy atom. The highest BCUT2D eigenvalue weighted by atomic mass is 16.2. The number of pyridine rings is 1. The lowest BCUT2D eigenvalue weighted by molar-refractivity contribution is 0.102. The Balaban J connectivity index is 1.94. The SMILES string of the molecule is CCc1nn(C)c(NC(=O)c2c(C)ccn(Cc3cnc(C)cn3)c2=O)c1CC. The lowest BCUT2D eigenvalue weighted by Gasteiger charge is -2.12. The van der Waals surface area contributed by atoms with Gasteiger partial charge in [-0.3, -0.25) is 24.2 Å². The number of nitrogens with one attached hydrogen (secondary N) is 1. The first kappa shape index (κ1) is 20.4. The molecule has 3 aromatic rings. The summed E-state index contributed by atoms with van der Waals surface area (Å²) in [6, 6.07) is 1.76. The van der Waals surface area contributed by atoms with E-state index in [0.717, 1.165) is 29.8 Å². The molecule has 8 nitrogen and oxygen atoms in total. The molecule has 3 heterocycles. The van der Waals surface area contributed by atoms with Gasteiger partial charge in [-0.25, -0.2) is 0 Å². The maximum Gasteiger partial charge on any atom is 0.264 e. The predicted molar refractivity (Wildman–Crippen MR) is 111 cm³/mol. The van der Waals surface area contributed by atoms with Crippen molar-refractivity contribution >= 4 is 11.7 Å². The molecule has 0 atom stereocenters. The standard InChI is InChI=1S/C21H26N6O2/c1-6-16-17(7-2)25-26(5)19(16)24-20(28)18-13(3)8-9-27(21(18)29)12-15-11-22-14(4)10-23-15/h8-11H,6-7,12H2,1-5H3,(H,24,28). The Morgan fingerprint density at radius 2 is 1.90 bits per heavy atom. The number of carbonyl (C=O) groups is 1. The molecule has 0 aliphatic heterocycles. The molecule has 0 aliphatic rings. The first-order chi connectivity index (χ1) is 13.8.